The summed E-state index contributed by atoms with van der Waals surface area (Å²) in [5, 5.41) is 12.9. The SMILES string of the molecule is Cc1c(O)cccc1NC(=O)c1ccc(Cl)c(Br)c1. The summed E-state index contributed by atoms with van der Waals surface area (Å²) >= 11 is 9.15. The molecule has 3 nitrogen and oxygen atoms in total. The highest BCUT2D eigenvalue weighted by atomic mass is 79.9. The van der Waals surface area contributed by atoms with Crippen molar-refractivity contribution in [3.8, 4) is 5.75 Å². The van der Waals surface area contributed by atoms with Crippen LogP contribution in [0, 0.1) is 6.92 Å². The molecule has 0 aromatic heterocycles. The maximum Gasteiger partial charge on any atom is 0.255 e. The lowest BCUT2D eigenvalue weighted by Gasteiger charge is -2.10. The first-order valence-electron chi connectivity index (χ1n) is 5.54. The summed E-state index contributed by atoms with van der Waals surface area (Å²) in [6.07, 6.45) is 0. The van der Waals surface area contributed by atoms with Gasteiger partial charge in [0, 0.05) is 21.3 Å². The highest BCUT2D eigenvalue weighted by molar-refractivity contribution is 9.10. The van der Waals surface area contributed by atoms with Crippen molar-refractivity contribution in [1.82, 2.24) is 0 Å². The maximum atomic E-state index is 12.1. The Bertz CT molecular complexity index is 643. The summed E-state index contributed by atoms with van der Waals surface area (Å²) < 4.78 is 0.662. The van der Waals surface area contributed by atoms with Crippen LogP contribution in [0.2, 0.25) is 5.02 Å². The average molecular weight is 341 g/mol. The fraction of sp³-hybridized carbons (Fsp3) is 0.0714. The number of hydrogen-bond donors (Lipinski definition) is 2. The molecule has 2 aromatic carbocycles. The van der Waals surface area contributed by atoms with Crippen molar-refractivity contribution in [1.29, 1.82) is 0 Å². The van der Waals surface area contributed by atoms with Crippen molar-refractivity contribution in [2.45, 2.75) is 6.92 Å². The van der Waals surface area contributed by atoms with Crippen LogP contribution < -0.4 is 5.32 Å². The number of hydrogen-bond acceptors (Lipinski definition) is 2. The van der Waals surface area contributed by atoms with Gasteiger partial charge < -0.3 is 10.4 Å². The quantitative estimate of drug-likeness (QED) is 0.853. The Hall–Kier alpha value is -1.52. The third-order valence-corrected chi connectivity index (χ3v) is 3.95. The number of aromatic hydroxyl groups is 1. The molecule has 0 saturated heterocycles. The zero-order chi connectivity index (χ0) is 14.0. The normalized spacial score (nSPS) is 10.3. The molecule has 0 aliphatic rings. The van der Waals surface area contributed by atoms with Crippen LogP contribution in [0.3, 0.4) is 0 Å². The number of nitrogens with one attached hydrogen (secondary N) is 1. The molecule has 2 N–H and O–H groups in total. The molecular weight excluding hydrogens is 330 g/mol. The van der Waals surface area contributed by atoms with Gasteiger partial charge in [0.15, 0.2) is 0 Å². The number of phenols is 1. The van der Waals surface area contributed by atoms with Crippen LogP contribution in [0.25, 0.3) is 0 Å². The summed E-state index contributed by atoms with van der Waals surface area (Å²) in [5.41, 5.74) is 1.69. The van der Waals surface area contributed by atoms with Crippen molar-refractivity contribution in [3.05, 3.63) is 57.0 Å². The maximum absolute atomic E-state index is 12.1. The second-order valence-electron chi connectivity index (χ2n) is 4.03. The number of phenolic OH excluding ortho intramolecular Hbond substituents is 1. The number of amides is 1. The number of carbonyl (C=O) groups is 1. The molecule has 0 radical (unpaired) electrons. The molecule has 0 aliphatic heterocycles. The Kier molecular flexibility index (Phi) is 4.12. The van der Waals surface area contributed by atoms with Gasteiger partial charge >= 0.3 is 0 Å². The Morgan fingerprint density at radius 1 is 1.32 bits per heavy atom. The molecule has 0 atom stereocenters. The van der Waals surface area contributed by atoms with Gasteiger partial charge in [0.2, 0.25) is 0 Å². The van der Waals surface area contributed by atoms with Gasteiger partial charge in [-0.05, 0) is 53.2 Å². The van der Waals surface area contributed by atoms with Crippen molar-refractivity contribution in [2.75, 3.05) is 5.32 Å². The Morgan fingerprint density at radius 2 is 2.05 bits per heavy atom. The minimum atomic E-state index is -0.258. The molecular formula is C14H11BrClNO2. The van der Waals surface area contributed by atoms with Gasteiger partial charge in [-0.25, -0.2) is 0 Å². The summed E-state index contributed by atoms with van der Waals surface area (Å²) in [6.45, 7) is 1.74. The average Bonchev–Trinajstić information content (AvgIpc) is 2.38. The zero-order valence-corrected chi connectivity index (χ0v) is 12.4. The van der Waals surface area contributed by atoms with E-state index in [1.807, 2.05) is 0 Å². The van der Waals surface area contributed by atoms with Crippen molar-refractivity contribution in [2.24, 2.45) is 0 Å². The largest absolute Gasteiger partial charge is 0.508 e. The van der Waals surface area contributed by atoms with Crippen LogP contribution >= 0.6 is 27.5 Å². The monoisotopic (exact) mass is 339 g/mol. The van der Waals surface area contributed by atoms with Crippen LogP contribution in [-0.2, 0) is 0 Å². The first-order chi connectivity index (χ1) is 8.99. The molecule has 0 unspecified atom stereocenters. The lowest BCUT2D eigenvalue weighted by molar-refractivity contribution is 0.102. The number of benzene rings is 2. The third-order valence-electron chi connectivity index (χ3n) is 2.74. The molecule has 0 heterocycles. The molecule has 2 rings (SSSR count). The van der Waals surface area contributed by atoms with E-state index in [0.29, 0.717) is 26.3 Å². The first kappa shape index (κ1) is 13.9. The molecule has 0 aliphatic carbocycles. The standard InChI is InChI=1S/C14H11BrClNO2/c1-8-12(3-2-4-13(8)18)17-14(19)9-5-6-11(16)10(15)7-9/h2-7,18H,1H3,(H,17,19). The van der Waals surface area contributed by atoms with Gasteiger partial charge in [-0.2, -0.15) is 0 Å². The molecule has 98 valence electrons. The van der Waals surface area contributed by atoms with E-state index in [9.17, 15) is 9.90 Å². The van der Waals surface area contributed by atoms with E-state index in [1.165, 1.54) is 0 Å². The lowest BCUT2D eigenvalue weighted by atomic mass is 10.1. The van der Waals surface area contributed by atoms with Gasteiger partial charge in [-0.3, -0.25) is 4.79 Å². The highest BCUT2D eigenvalue weighted by Gasteiger charge is 2.10. The van der Waals surface area contributed by atoms with Crippen LogP contribution in [0.1, 0.15) is 15.9 Å². The van der Waals surface area contributed by atoms with E-state index in [4.69, 9.17) is 11.6 Å². The number of halogens is 2. The molecule has 19 heavy (non-hydrogen) atoms. The van der Waals surface area contributed by atoms with Gasteiger partial charge in [-0.15, -0.1) is 0 Å². The van der Waals surface area contributed by atoms with Crippen LogP contribution in [0.4, 0.5) is 5.69 Å². The second-order valence-corrected chi connectivity index (χ2v) is 5.29. The Morgan fingerprint density at radius 3 is 2.74 bits per heavy atom. The number of carbonyl (C=O) groups excluding carboxylic acids is 1. The molecule has 0 bridgehead atoms. The first-order valence-corrected chi connectivity index (χ1v) is 6.71. The molecule has 0 fully saturated rings. The van der Waals surface area contributed by atoms with E-state index < -0.39 is 0 Å². The van der Waals surface area contributed by atoms with Gasteiger partial charge in [0.25, 0.3) is 5.91 Å². The fourth-order valence-electron chi connectivity index (χ4n) is 1.59. The molecule has 1 amide bonds. The molecule has 2 aromatic rings. The highest BCUT2D eigenvalue weighted by Crippen LogP contribution is 2.26. The van der Waals surface area contributed by atoms with E-state index in [-0.39, 0.29) is 11.7 Å². The predicted octanol–water partition coefficient (Wildman–Crippen LogP) is 4.37. The van der Waals surface area contributed by atoms with Crippen molar-refractivity contribution in [3.63, 3.8) is 0 Å². The smallest absolute Gasteiger partial charge is 0.255 e. The number of anilines is 1. The number of rotatable bonds is 2. The Balaban J connectivity index is 2.26. The minimum Gasteiger partial charge on any atom is -0.508 e. The minimum absolute atomic E-state index is 0.148. The predicted molar refractivity (Wildman–Crippen MR) is 79.9 cm³/mol. The van der Waals surface area contributed by atoms with Crippen LogP contribution in [0.15, 0.2) is 40.9 Å². The Labute approximate surface area is 124 Å². The van der Waals surface area contributed by atoms with Crippen molar-refractivity contribution < 1.29 is 9.90 Å². The van der Waals surface area contributed by atoms with Crippen molar-refractivity contribution >= 4 is 39.1 Å². The van der Waals surface area contributed by atoms with Gasteiger partial charge in [0.05, 0.1) is 5.02 Å². The summed E-state index contributed by atoms with van der Waals surface area (Å²) in [5.74, 6) is -0.110. The van der Waals surface area contributed by atoms with E-state index in [2.05, 4.69) is 21.2 Å². The third kappa shape index (κ3) is 3.08. The summed E-state index contributed by atoms with van der Waals surface area (Å²) in [7, 11) is 0. The molecule has 5 heteroatoms. The summed E-state index contributed by atoms with van der Waals surface area (Å²) in [6, 6.07) is 9.92. The molecule has 0 spiro atoms. The van der Waals surface area contributed by atoms with Gasteiger partial charge in [-0.1, -0.05) is 17.7 Å². The topological polar surface area (TPSA) is 49.3 Å². The van der Waals surface area contributed by atoms with E-state index in [1.54, 1.807) is 43.3 Å². The second kappa shape index (κ2) is 5.63. The molecule has 0 saturated carbocycles. The lowest BCUT2D eigenvalue weighted by Crippen LogP contribution is -2.12. The summed E-state index contributed by atoms with van der Waals surface area (Å²) in [4.78, 5) is 12.1. The zero-order valence-electron chi connectivity index (χ0n) is 10.1. The van der Waals surface area contributed by atoms with E-state index in [0.717, 1.165) is 0 Å². The van der Waals surface area contributed by atoms with Gasteiger partial charge in [0.1, 0.15) is 5.75 Å². The van der Waals surface area contributed by atoms with E-state index >= 15 is 0 Å². The van der Waals surface area contributed by atoms with Crippen LogP contribution in [0.5, 0.6) is 5.75 Å². The fourth-order valence-corrected chi connectivity index (χ4v) is 2.09. The van der Waals surface area contributed by atoms with Crippen LogP contribution in [-0.4, -0.2) is 11.0 Å².